The zero-order valence-electron chi connectivity index (χ0n) is 13.7. The van der Waals surface area contributed by atoms with Gasteiger partial charge in [-0.3, -0.25) is 0 Å². The third kappa shape index (κ3) is 17.1. The van der Waals surface area contributed by atoms with Crippen LogP contribution in [0.2, 0.25) is 0 Å². The zero-order chi connectivity index (χ0) is 16.0. The molecule has 0 aromatic carbocycles. The van der Waals surface area contributed by atoms with Crippen molar-refractivity contribution < 1.29 is 24.1 Å². The lowest BCUT2D eigenvalue weighted by molar-refractivity contribution is 0.0524. The summed E-state index contributed by atoms with van der Waals surface area (Å²) in [6.07, 6.45) is 3.32. The third-order valence-electron chi connectivity index (χ3n) is 2.45. The molecule has 0 radical (unpaired) electrons. The van der Waals surface area contributed by atoms with Gasteiger partial charge < -0.3 is 24.6 Å². The van der Waals surface area contributed by atoms with Crippen molar-refractivity contribution in [1.29, 1.82) is 0 Å². The Kier molecular flexibility index (Phi) is 12.3. The molecule has 0 heterocycles. The van der Waals surface area contributed by atoms with E-state index in [1.807, 2.05) is 20.8 Å². The average Bonchev–Trinajstić information content (AvgIpc) is 2.38. The molecule has 6 heteroatoms. The molecule has 2 N–H and O–H groups in total. The van der Waals surface area contributed by atoms with Crippen LogP contribution < -0.4 is 5.32 Å². The molecule has 0 aliphatic carbocycles. The Morgan fingerprint density at radius 2 is 1.48 bits per heavy atom. The van der Waals surface area contributed by atoms with Crippen molar-refractivity contribution in [1.82, 2.24) is 5.32 Å². The normalized spacial score (nSPS) is 11.4. The van der Waals surface area contributed by atoms with Crippen LogP contribution in [0.5, 0.6) is 0 Å². The van der Waals surface area contributed by atoms with Gasteiger partial charge in [0.05, 0.1) is 13.2 Å². The maximum Gasteiger partial charge on any atom is 0.407 e. The molecule has 0 aromatic heterocycles. The molecule has 0 saturated carbocycles. The zero-order valence-corrected chi connectivity index (χ0v) is 13.7. The summed E-state index contributed by atoms with van der Waals surface area (Å²) in [6, 6.07) is 0. The molecule has 0 spiro atoms. The predicted molar refractivity (Wildman–Crippen MR) is 81.4 cm³/mol. The Balaban J connectivity index is 3.17. The number of rotatable bonds is 12. The van der Waals surface area contributed by atoms with Gasteiger partial charge >= 0.3 is 6.09 Å². The van der Waals surface area contributed by atoms with Gasteiger partial charge in [0.1, 0.15) is 5.60 Å². The topological polar surface area (TPSA) is 77.0 Å². The third-order valence-corrected chi connectivity index (χ3v) is 2.45. The van der Waals surface area contributed by atoms with E-state index in [0.717, 1.165) is 32.3 Å². The standard InChI is InChI=1S/C15H31NO5/c1-15(2,3)21-14(18)16-8-4-5-10-19-11-6-7-12-20-13-9-17/h17H,4-13H2,1-3H3,(H,16,18). The largest absolute Gasteiger partial charge is 0.444 e. The maximum absolute atomic E-state index is 11.3. The predicted octanol–water partition coefficient (Wildman–Crippen LogP) is 2.10. The number of hydrogen-bond donors (Lipinski definition) is 2. The first kappa shape index (κ1) is 20.1. The fourth-order valence-corrected chi connectivity index (χ4v) is 1.51. The van der Waals surface area contributed by atoms with E-state index in [4.69, 9.17) is 19.3 Å². The van der Waals surface area contributed by atoms with Crippen LogP contribution in [0.15, 0.2) is 0 Å². The van der Waals surface area contributed by atoms with E-state index in [1.54, 1.807) is 0 Å². The first-order chi connectivity index (χ1) is 9.95. The van der Waals surface area contributed by atoms with Gasteiger partial charge in [0.15, 0.2) is 0 Å². The van der Waals surface area contributed by atoms with E-state index in [-0.39, 0.29) is 12.7 Å². The average molecular weight is 305 g/mol. The summed E-state index contributed by atoms with van der Waals surface area (Å²) < 4.78 is 15.7. The fraction of sp³-hybridized carbons (Fsp3) is 0.933. The van der Waals surface area contributed by atoms with Crippen molar-refractivity contribution >= 4 is 6.09 Å². The number of amides is 1. The molecule has 6 nitrogen and oxygen atoms in total. The molecule has 1 amide bonds. The Morgan fingerprint density at radius 3 is 2.00 bits per heavy atom. The van der Waals surface area contributed by atoms with Crippen LogP contribution >= 0.6 is 0 Å². The molecule has 0 bridgehead atoms. The van der Waals surface area contributed by atoms with Crippen molar-refractivity contribution in [2.24, 2.45) is 0 Å². The van der Waals surface area contributed by atoms with E-state index in [1.165, 1.54) is 0 Å². The monoisotopic (exact) mass is 305 g/mol. The molecule has 21 heavy (non-hydrogen) atoms. The van der Waals surface area contributed by atoms with Gasteiger partial charge in [-0.05, 0) is 46.5 Å². The number of aliphatic hydroxyl groups is 1. The van der Waals surface area contributed by atoms with Crippen molar-refractivity contribution in [2.75, 3.05) is 39.6 Å². The van der Waals surface area contributed by atoms with Crippen LogP contribution in [0.4, 0.5) is 4.79 Å². The number of alkyl carbamates (subject to hydrolysis) is 1. The first-order valence-corrected chi connectivity index (χ1v) is 7.69. The van der Waals surface area contributed by atoms with Crippen LogP contribution in [0, 0.1) is 0 Å². The highest BCUT2D eigenvalue weighted by Crippen LogP contribution is 2.06. The Labute approximate surface area is 128 Å². The summed E-state index contributed by atoms with van der Waals surface area (Å²) in [7, 11) is 0. The summed E-state index contributed by atoms with van der Waals surface area (Å²) in [4.78, 5) is 11.3. The number of aliphatic hydroxyl groups excluding tert-OH is 1. The summed E-state index contributed by atoms with van der Waals surface area (Å²) in [5.74, 6) is 0. The maximum atomic E-state index is 11.3. The molecule has 0 saturated heterocycles. The van der Waals surface area contributed by atoms with Crippen molar-refractivity contribution in [3.05, 3.63) is 0 Å². The molecule has 126 valence electrons. The Bertz CT molecular complexity index is 253. The van der Waals surface area contributed by atoms with Gasteiger partial charge in [-0.1, -0.05) is 0 Å². The van der Waals surface area contributed by atoms with Gasteiger partial charge in [-0.25, -0.2) is 4.79 Å². The second-order valence-corrected chi connectivity index (χ2v) is 5.79. The number of ether oxygens (including phenoxy) is 3. The number of carbonyl (C=O) groups excluding carboxylic acids is 1. The van der Waals surface area contributed by atoms with E-state index in [0.29, 0.717) is 26.4 Å². The van der Waals surface area contributed by atoms with Crippen LogP contribution in [0.1, 0.15) is 46.5 Å². The van der Waals surface area contributed by atoms with Crippen LogP contribution in [0.25, 0.3) is 0 Å². The fourth-order valence-electron chi connectivity index (χ4n) is 1.51. The highest BCUT2D eigenvalue weighted by Gasteiger charge is 2.15. The highest BCUT2D eigenvalue weighted by molar-refractivity contribution is 5.67. The lowest BCUT2D eigenvalue weighted by Gasteiger charge is -2.19. The summed E-state index contributed by atoms with van der Waals surface area (Å²) in [6.45, 7) is 8.71. The minimum atomic E-state index is -0.450. The quantitative estimate of drug-likeness (QED) is 0.540. The van der Waals surface area contributed by atoms with E-state index in [2.05, 4.69) is 5.32 Å². The molecule has 0 aliphatic heterocycles. The van der Waals surface area contributed by atoms with E-state index in [9.17, 15) is 4.79 Å². The van der Waals surface area contributed by atoms with Crippen molar-refractivity contribution in [3.63, 3.8) is 0 Å². The Morgan fingerprint density at radius 1 is 0.952 bits per heavy atom. The SMILES string of the molecule is CC(C)(C)OC(=O)NCCCCOCCCCOCCO. The molecule has 0 fully saturated rings. The van der Waals surface area contributed by atoms with Crippen molar-refractivity contribution in [2.45, 2.75) is 52.1 Å². The molecule has 0 aromatic rings. The lowest BCUT2D eigenvalue weighted by Crippen LogP contribution is -2.33. The second-order valence-electron chi connectivity index (χ2n) is 5.79. The minimum absolute atomic E-state index is 0.0772. The van der Waals surface area contributed by atoms with Gasteiger partial charge in [0.25, 0.3) is 0 Å². The first-order valence-electron chi connectivity index (χ1n) is 7.69. The smallest absolute Gasteiger partial charge is 0.407 e. The number of nitrogens with one attached hydrogen (secondary N) is 1. The Hall–Kier alpha value is -0.850. The van der Waals surface area contributed by atoms with Gasteiger partial charge in [-0.15, -0.1) is 0 Å². The van der Waals surface area contributed by atoms with Gasteiger partial charge in [-0.2, -0.15) is 0 Å². The highest BCUT2D eigenvalue weighted by atomic mass is 16.6. The second kappa shape index (κ2) is 12.9. The molecular weight excluding hydrogens is 274 g/mol. The molecule has 0 aliphatic rings. The number of carbonyl (C=O) groups is 1. The minimum Gasteiger partial charge on any atom is -0.444 e. The van der Waals surface area contributed by atoms with Crippen LogP contribution in [0.3, 0.4) is 0 Å². The van der Waals surface area contributed by atoms with Gasteiger partial charge in [0.2, 0.25) is 0 Å². The van der Waals surface area contributed by atoms with Crippen LogP contribution in [-0.2, 0) is 14.2 Å². The summed E-state index contributed by atoms with van der Waals surface area (Å²) in [5, 5.41) is 11.2. The number of hydrogen-bond acceptors (Lipinski definition) is 5. The molecule has 0 unspecified atom stereocenters. The summed E-state index contributed by atoms with van der Waals surface area (Å²) >= 11 is 0. The molecular formula is C15H31NO5. The van der Waals surface area contributed by atoms with Gasteiger partial charge in [0, 0.05) is 26.4 Å². The van der Waals surface area contributed by atoms with Crippen LogP contribution in [-0.4, -0.2) is 56.4 Å². The lowest BCUT2D eigenvalue weighted by atomic mass is 10.2. The number of unbranched alkanes of at least 4 members (excludes halogenated alkanes) is 2. The molecule has 0 atom stereocenters. The van der Waals surface area contributed by atoms with Crippen molar-refractivity contribution in [3.8, 4) is 0 Å². The summed E-state index contributed by atoms with van der Waals surface area (Å²) in [5.41, 5.74) is -0.450. The molecule has 0 rings (SSSR count). The van der Waals surface area contributed by atoms with E-state index >= 15 is 0 Å². The van der Waals surface area contributed by atoms with E-state index < -0.39 is 5.60 Å².